The molecule has 3 heteroatoms. The number of hydrogen-bond acceptors (Lipinski definition) is 2. The summed E-state index contributed by atoms with van der Waals surface area (Å²) >= 11 is 6.16. The van der Waals surface area contributed by atoms with Crippen LogP contribution in [-0.2, 0) is 0 Å². The molecule has 0 aromatic heterocycles. The second kappa shape index (κ2) is 5.19. The molecule has 82 valence electrons. The number of nitrogens with two attached hydrogens (primary N) is 1. The van der Waals surface area contributed by atoms with Gasteiger partial charge in [-0.3, -0.25) is 0 Å². The van der Waals surface area contributed by atoms with Gasteiger partial charge in [-0.2, -0.15) is 0 Å². The highest BCUT2D eigenvalue weighted by molar-refractivity contribution is 6.33. The van der Waals surface area contributed by atoms with Gasteiger partial charge in [-0.15, -0.1) is 0 Å². The van der Waals surface area contributed by atoms with Crippen LogP contribution in [-0.4, -0.2) is 13.7 Å². The van der Waals surface area contributed by atoms with E-state index in [9.17, 15) is 0 Å². The van der Waals surface area contributed by atoms with Gasteiger partial charge in [0.25, 0.3) is 0 Å². The predicted molar refractivity (Wildman–Crippen MR) is 65.6 cm³/mol. The SMILES string of the molecule is COc1c(Cl)c(C)cc(C)c1/C=C/CN. The molecule has 0 atom stereocenters. The molecule has 0 aliphatic rings. The van der Waals surface area contributed by atoms with Crippen molar-refractivity contribution in [2.75, 3.05) is 13.7 Å². The van der Waals surface area contributed by atoms with Crippen LogP contribution >= 0.6 is 11.6 Å². The van der Waals surface area contributed by atoms with Crippen LogP contribution in [0.4, 0.5) is 0 Å². The van der Waals surface area contributed by atoms with Crippen molar-refractivity contribution in [3.8, 4) is 5.75 Å². The van der Waals surface area contributed by atoms with Gasteiger partial charge >= 0.3 is 0 Å². The van der Waals surface area contributed by atoms with E-state index in [0.29, 0.717) is 11.6 Å². The summed E-state index contributed by atoms with van der Waals surface area (Å²) in [5, 5.41) is 0.666. The van der Waals surface area contributed by atoms with Crippen LogP contribution in [0.25, 0.3) is 6.08 Å². The first kappa shape index (κ1) is 12.1. The third-order valence-corrected chi connectivity index (χ3v) is 2.74. The summed E-state index contributed by atoms with van der Waals surface area (Å²) in [4.78, 5) is 0. The van der Waals surface area contributed by atoms with Crippen molar-refractivity contribution < 1.29 is 4.74 Å². The standard InChI is InChI=1S/C12H16ClNO/c1-8-7-9(2)11(13)12(15-3)10(8)5-4-6-14/h4-5,7H,6,14H2,1-3H3/b5-4+. The van der Waals surface area contributed by atoms with Crippen molar-refractivity contribution in [3.05, 3.63) is 33.9 Å². The molecule has 0 fully saturated rings. The Morgan fingerprint density at radius 2 is 2.07 bits per heavy atom. The summed E-state index contributed by atoms with van der Waals surface area (Å²) in [6.45, 7) is 4.50. The van der Waals surface area contributed by atoms with Gasteiger partial charge in [-0.1, -0.05) is 29.8 Å². The molecule has 0 bridgehead atoms. The molecular formula is C12H16ClNO. The molecule has 0 saturated heterocycles. The van der Waals surface area contributed by atoms with Gasteiger partial charge in [0, 0.05) is 12.1 Å². The molecule has 0 aliphatic carbocycles. The fraction of sp³-hybridized carbons (Fsp3) is 0.333. The quantitative estimate of drug-likeness (QED) is 0.859. The lowest BCUT2D eigenvalue weighted by atomic mass is 10.0. The Balaban J connectivity index is 3.35. The summed E-state index contributed by atoms with van der Waals surface area (Å²) in [6.07, 6.45) is 3.83. The van der Waals surface area contributed by atoms with Crippen molar-refractivity contribution in [2.45, 2.75) is 13.8 Å². The lowest BCUT2D eigenvalue weighted by Gasteiger charge is -2.12. The molecule has 0 heterocycles. The van der Waals surface area contributed by atoms with Gasteiger partial charge in [-0.05, 0) is 25.0 Å². The molecule has 1 aromatic carbocycles. The van der Waals surface area contributed by atoms with Gasteiger partial charge in [0.15, 0.2) is 0 Å². The molecule has 0 aliphatic heterocycles. The smallest absolute Gasteiger partial charge is 0.145 e. The maximum Gasteiger partial charge on any atom is 0.145 e. The topological polar surface area (TPSA) is 35.2 Å². The zero-order valence-electron chi connectivity index (χ0n) is 9.30. The fourth-order valence-corrected chi connectivity index (χ4v) is 1.77. The van der Waals surface area contributed by atoms with Crippen molar-refractivity contribution in [2.24, 2.45) is 5.73 Å². The normalized spacial score (nSPS) is 11.0. The summed E-state index contributed by atoms with van der Waals surface area (Å²) in [5.41, 5.74) is 8.59. The molecule has 0 saturated carbocycles. The molecular weight excluding hydrogens is 210 g/mol. The zero-order valence-corrected chi connectivity index (χ0v) is 10.1. The Hall–Kier alpha value is -0.990. The molecule has 2 nitrogen and oxygen atoms in total. The Labute approximate surface area is 95.7 Å². The number of rotatable bonds is 3. The molecule has 0 unspecified atom stereocenters. The molecule has 1 rings (SSSR count). The van der Waals surface area contributed by atoms with E-state index in [2.05, 4.69) is 0 Å². The highest BCUT2D eigenvalue weighted by atomic mass is 35.5. The number of aryl methyl sites for hydroxylation is 2. The van der Waals surface area contributed by atoms with Crippen LogP contribution in [0, 0.1) is 13.8 Å². The van der Waals surface area contributed by atoms with E-state index in [-0.39, 0.29) is 0 Å². The van der Waals surface area contributed by atoms with E-state index >= 15 is 0 Å². The van der Waals surface area contributed by atoms with Crippen LogP contribution in [0.2, 0.25) is 5.02 Å². The van der Waals surface area contributed by atoms with Crippen LogP contribution in [0.5, 0.6) is 5.75 Å². The number of ether oxygens (including phenoxy) is 1. The largest absolute Gasteiger partial charge is 0.495 e. The molecule has 0 spiro atoms. The van der Waals surface area contributed by atoms with Gasteiger partial charge < -0.3 is 10.5 Å². The van der Waals surface area contributed by atoms with Crippen LogP contribution < -0.4 is 10.5 Å². The van der Waals surface area contributed by atoms with Crippen molar-refractivity contribution >= 4 is 17.7 Å². The summed E-state index contributed by atoms with van der Waals surface area (Å²) in [6, 6.07) is 2.04. The first-order chi connectivity index (χ1) is 7.11. The summed E-state index contributed by atoms with van der Waals surface area (Å²) < 4.78 is 5.31. The molecule has 2 N–H and O–H groups in total. The van der Waals surface area contributed by atoms with E-state index in [1.807, 2.05) is 32.1 Å². The van der Waals surface area contributed by atoms with Crippen LogP contribution in [0.15, 0.2) is 12.1 Å². The van der Waals surface area contributed by atoms with Crippen LogP contribution in [0.1, 0.15) is 16.7 Å². The lowest BCUT2D eigenvalue weighted by Crippen LogP contribution is -1.96. The monoisotopic (exact) mass is 225 g/mol. The average molecular weight is 226 g/mol. The fourth-order valence-electron chi connectivity index (χ4n) is 1.53. The van der Waals surface area contributed by atoms with Gasteiger partial charge in [0.05, 0.1) is 12.1 Å². The summed E-state index contributed by atoms with van der Waals surface area (Å²) in [5.74, 6) is 0.721. The van der Waals surface area contributed by atoms with Crippen molar-refractivity contribution in [1.29, 1.82) is 0 Å². The number of benzene rings is 1. The molecule has 15 heavy (non-hydrogen) atoms. The number of hydrogen-bond donors (Lipinski definition) is 1. The Kier molecular flexibility index (Phi) is 4.18. The zero-order chi connectivity index (χ0) is 11.4. The minimum atomic E-state index is 0.508. The van der Waals surface area contributed by atoms with Crippen molar-refractivity contribution in [1.82, 2.24) is 0 Å². The minimum Gasteiger partial charge on any atom is -0.495 e. The first-order valence-corrected chi connectivity index (χ1v) is 5.20. The minimum absolute atomic E-state index is 0.508. The predicted octanol–water partition coefficient (Wildman–Crippen LogP) is 2.94. The Morgan fingerprint density at radius 1 is 1.40 bits per heavy atom. The van der Waals surface area contributed by atoms with Gasteiger partial charge in [0.2, 0.25) is 0 Å². The number of halogens is 1. The highest BCUT2D eigenvalue weighted by Gasteiger charge is 2.11. The molecule has 0 amide bonds. The number of methoxy groups -OCH3 is 1. The first-order valence-electron chi connectivity index (χ1n) is 4.82. The van der Waals surface area contributed by atoms with E-state index < -0.39 is 0 Å². The Bertz CT molecular complexity index is 386. The second-order valence-electron chi connectivity index (χ2n) is 3.41. The second-order valence-corrected chi connectivity index (χ2v) is 3.79. The molecule has 0 radical (unpaired) electrons. The maximum atomic E-state index is 6.16. The third-order valence-electron chi connectivity index (χ3n) is 2.27. The van der Waals surface area contributed by atoms with E-state index in [1.165, 1.54) is 0 Å². The molecule has 1 aromatic rings. The van der Waals surface area contributed by atoms with E-state index in [4.69, 9.17) is 22.1 Å². The average Bonchev–Trinajstić information content (AvgIpc) is 2.21. The maximum absolute atomic E-state index is 6.16. The van der Waals surface area contributed by atoms with Gasteiger partial charge in [0.1, 0.15) is 5.75 Å². The highest BCUT2D eigenvalue weighted by Crippen LogP contribution is 2.34. The third kappa shape index (κ3) is 2.52. The lowest BCUT2D eigenvalue weighted by molar-refractivity contribution is 0.413. The summed E-state index contributed by atoms with van der Waals surface area (Å²) in [7, 11) is 1.62. The van der Waals surface area contributed by atoms with Crippen LogP contribution in [0.3, 0.4) is 0 Å². The van der Waals surface area contributed by atoms with Gasteiger partial charge in [-0.25, -0.2) is 0 Å². The van der Waals surface area contributed by atoms with E-state index in [1.54, 1.807) is 7.11 Å². The Morgan fingerprint density at radius 3 is 2.60 bits per heavy atom. The van der Waals surface area contributed by atoms with Crippen molar-refractivity contribution in [3.63, 3.8) is 0 Å². The van der Waals surface area contributed by atoms with E-state index in [0.717, 1.165) is 22.4 Å².